The SMILES string of the molecule is CC(C)CCCCC(C)ON(O)O. The van der Waals surface area contributed by atoms with Crippen molar-refractivity contribution in [2.75, 3.05) is 0 Å². The normalized spacial score (nSPS) is 14.1. The van der Waals surface area contributed by atoms with Crippen molar-refractivity contribution in [3.63, 3.8) is 0 Å². The highest BCUT2D eigenvalue weighted by Gasteiger charge is 2.05. The van der Waals surface area contributed by atoms with Gasteiger partial charge in [0, 0.05) is 0 Å². The summed E-state index contributed by atoms with van der Waals surface area (Å²) in [5, 5.41) is 16.5. The quantitative estimate of drug-likeness (QED) is 0.479. The lowest BCUT2D eigenvalue weighted by Crippen LogP contribution is -2.21. The molecule has 0 radical (unpaired) electrons. The van der Waals surface area contributed by atoms with Gasteiger partial charge in [0.2, 0.25) is 0 Å². The zero-order valence-corrected chi connectivity index (χ0v) is 8.73. The van der Waals surface area contributed by atoms with E-state index in [2.05, 4.69) is 18.7 Å². The van der Waals surface area contributed by atoms with Crippen molar-refractivity contribution in [1.29, 1.82) is 0 Å². The van der Waals surface area contributed by atoms with Crippen molar-refractivity contribution in [1.82, 2.24) is 5.39 Å². The lowest BCUT2D eigenvalue weighted by molar-refractivity contribution is -0.503. The summed E-state index contributed by atoms with van der Waals surface area (Å²) in [7, 11) is 0. The molecule has 0 amide bonds. The van der Waals surface area contributed by atoms with Gasteiger partial charge in [-0.1, -0.05) is 33.1 Å². The Balaban J connectivity index is 3.22. The molecular formula is C9H21NO3. The lowest BCUT2D eigenvalue weighted by Gasteiger charge is -2.13. The molecule has 13 heavy (non-hydrogen) atoms. The standard InChI is InChI=1S/C9H21NO3/c1-8(2)6-4-5-7-9(3)13-10(11)12/h8-9,11-12H,4-7H2,1-3H3. The third kappa shape index (κ3) is 9.76. The van der Waals surface area contributed by atoms with Crippen LogP contribution in [-0.2, 0) is 4.84 Å². The van der Waals surface area contributed by atoms with E-state index in [9.17, 15) is 0 Å². The van der Waals surface area contributed by atoms with Crippen molar-refractivity contribution in [3.05, 3.63) is 0 Å². The smallest absolute Gasteiger partial charge is 0.0816 e. The summed E-state index contributed by atoms with van der Waals surface area (Å²) < 4.78 is 0. The van der Waals surface area contributed by atoms with Gasteiger partial charge >= 0.3 is 0 Å². The number of rotatable bonds is 7. The molecule has 0 fully saturated rings. The number of hydrogen-bond donors (Lipinski definition) is 2. The summed E-state index contributed by atoms with van der Waals surface area (Å²) in [5.41, 5.74) is 0. The Labute approximate surface area is 80.0 Å². The van der Waals surface area contributed by atoms with E-state index in [1.54, 1.807) is 0 Å². The molecule has 1 atom stereocenters. The van der Waals surface area contributed by atoms with Crippen LogP contribution >= 0.6 is 0 Å². The summed E-state index contributed by atoms with van der Waals surface area (Å²) >= 11 is 0. The molecule has 0 aromatic carbocycles. The molecule has 0 aliphatic rings. The average Bonchev–Trinajstić information content (AvgIpc) is 1.96. The largest absolute Gasteiger partial charge is 0.266 e. The van der Waals surface area contributed by atoms with Gasteiger partial charge < -0.3 is 0 Å². The average molecular weight is 191 g/mol. The summed E-state index contributed by atoms with van der Waals surface area (Å²) in [6, 6.07) is 0. The highest BCUT2D eigenvalue weighted by molar-refractivity contribution is 4.51. The van der Waals surface area contributed by atoms with Crippen LogP contribution in [0.3, 0.4) is 0 Å². The Morgan fingerprint density at radius 3 is 2.08 bits per heavy atom. The van der Waals surface area contributed by atoms with Crippen molar-refractivity contribution in [2.45, 2.75) is 52.6 Å². The van der Waals surface area contributed by atoms with Crippen LogP contribution in [0.25, 0.3) is 0 Å². The van der Waals surface area contributed by atoms with Crippen LogP contribution in [0.2, 0.25) is 0 Å². The van der Waals surface area contributed by atoms with E-state index >= 15 is 0 Å². The molecule has 0 aliphatic heterocycles. The van der Waals surface area contributed by atoms with Gasteiger partial charge in [-0.15, -0.1) is 0 Å². The molecule has 80 valence electrons. The molecule has 4 nitrogen and oxygen atoms in total. The van der Waals surface area contributed by atoms with Gasteiger partial charge in [-0.05, 0) is 19.3 Å². The number of unbranched alkanes of at least 4 members (excludes halogenated alkanes) is 1. The second kappa shape index (κ2) is 7.26. The number of hydrogen-bond acceptors (Lipinski definition) is 4. The van der Waals surface area contributed by atoms with Gasteiger partial charge in [0.05, 0.1) is 11.5 Å². The minimum Gasteiger partial charge on any atom is -0.266 e. The van der Waals surface area contributed by atoms with Gasteiger partial charge in [0.15, 0.2) is 0 Å². The van der Waals surface area contributed by atoms with Crippen LogP contribution in [0.15, 0.2) is 0 Å². The lowest BCUT2D eigenvalue weighted by atomic mass is 10.0. The van der Waals surface area contributed by atoms with Gasteiger partial charge in [-0.25, -0.2) is 4.84 Å². The maximum absolute atomic E-state index is 8.33. The molecule has 0 saturated carbocycles. The third-order valence-electron chi connectivity index (χ3n) is 1.92. The van der Waals surface area contributed by atoms with E-state index in [0.717, 1.165) is 18.8 Å². The van der Waals surface area contributed by atoms with Crippen molar-refractivity contribution in [3.8, 4) is 0 Å². The summed E-state index contributed by atoms with van der Waals surface area (Å²) in [6.45, 7) is 6.21. The fourth-order valence-corrected chi connectivity index (χ4v) is 1.20. The first kappa shape index (κ1) is 12.8. The first-order valence-electron chi connectivity index (χ1n) is 4.87. The molecule has 0 aromatic rings. The topological polar surface area (TPSA) is 52.9 Å². The molecule has 0 rings (SSSR count). The molecular weight excluding hydrogens is 170 g/mol. The second-order valence-corrected chi connectivity index (χ2v) is 3.85. The Kier molecular flexibility index (Phi) is 7.17. The molecule has 2 N–H and O–H groups in total. The second-order valence-electron chi connectivity index (χ2n) is 3.85. The number of nitrogens with zero attached hydrogens (tertiary/aromatic N) is 1. The predicted molar refractivity (Wildman–Crippen MR) is 49.3 cm³/mol. The fourth-order valence-electron chi connectivity index (χ4n) is 1.20. The Morgan fingerprint density at radius 2 is 1.62 bits per heavy atom. The Bertz CT molecular complexity index is 117. The highest BCUT2D eigenvalue weighted by Crippen LogP contribution is 2.11. The maximum Gasteiger partial charge on any atom is 0.0816 e. The van der Waals surface area contributed by atoms with Crippen molar-refractivity contribution in [2.24, 2.45) is 5.92 Å². The molecule has 0 heterocycles. The predicted octanol–water partition coefficient (Wildman–Crippen LogP) is 2.60. The van der Waals surface area contributed by atoms with Crippen molar-refractivity contribution >= 4 is 0 Å². The molecule has 0 bridgehead atoms. The fraction of sp³-hybridized carbons (Fsp3) is 1.00. The van der Waals surface area contributed by atoms with E-state index < -0.39 is 0 Å². The monoisotopic (exact) mass is 191 g/mol. The highest BCUT2D eigenvalue weighted by atomic mass is 17.1. The van der Waals surface area contributed by atoms with E-state index in [4.69, 9.17) is 10.4 Å². The first-order valence-corrected chi connectivity index (χ1v) is 4.87. The minimum atomic E-state index is -0.215. The zero-order valence-electron chi connectivity index (χ0n) is 8.73. The van der Waals surface area contributed by atoms with E-state index in [1.807, 2.05) is 6.92 Å². The molecule has 0 saturated heterocycles. The molecule has 1 unspecified atom stereocenters. The van der Waals surface area contributed by atoms with Crippen LogP contribution in [0.1, 0.15) is 46.5 Å². The Hall–Kier alpha value is -0.160. The van der Waals surface area contributed by atoms with E-state index in [0.29, 0.717) is 0 Å². The van der Waals surface area contributed by atoms with Gasteiger partial charge in [0.25, 0.3) is 0 Å². The molecule has 4 heteroatoms. The summed E-state index contributed by atoms with van der Waals surface area (Å²) in [4.78, 5) is 4.60. The first-order chi connectivity index (χ1) is 6.02. The van der Waals surface area contributed by atoms with Crippen LogP contribution in [0.4, 0.5) is 0 Å². The van der Waals surface area contributed by atoms with Crippen LogP contribution in [0.5, 0.6) is 0 Å². The minimum absolute atomic E-state index is 0.137. The molecule has 0 spiro atoms. The van der Waals surface area contributed by atoms with E-state index in [-0.39, 0.29) is 11.5 Å². The van der Waals surface area contributed by atoms with Crippen molar-refractivity contribution < 1.29 is 15.3 Å². The van der Waals surface area contributed by atoms with Crippen LogP contribution < -0.4 is 0 Å². The Morgan fingerprint density at radius 1 is 1.08 bits per heavy atom. The van der Waals surface area contributed by atoms with Gasteiger partial charge in [-0.2, -0.15) is 0 Å². The third-order valence-corrected chi connectivity index (χ3v) is 1.92. The van der Waals surface area contributed by atoms with Crippen LogP contribution in [0, 0.1) is 5.92 Å². The van der Waals surface area contributed by atoms with Gasteiger partial charge in [-0.3, -0.25) is 10.4 Å². The van der Waals surface area contributed by atoms with Crippen LogP contribution in [-0.4, -0.2) is 21.9 Å². The maximum atomic E-state index is 8.33. The zero-order chi connectivity index (χ0) is 10.3. The molecule has 0 aromatic heterocycles. The van der Waals surface area contributed by atoms with E-state index in [1.165, 1.54) is 12.8 Å². The van der Waals surface area contributed by atoms with Gasteiger partial charge in [0.1, 0.15) is 0 Å². The summed E-state index contributed by atoms with van der Waals surface area (Å²) in [6.07, 6.45) is 4.16. The molecule has 0 aliphatic carbocycles. The summed E-state index contributed by atoms with van der Waals surface area (Å²) in [5.74, 6) is 0.739.